The van der Waals surface area contributed by atoms with Gasteiger partial charge in [0.2, 0.25) is 0 Å². The number of aromatic nitrogens is 3. The van der Waals surface area contributed by atoms with Crippen molar-refractivity contribution >= 4 is 0 Å². The van der Waals surface area contributed by atoms with Crippen molar-refractivity contribution in [3.05, 3.63) is 12.2 Å². The Kier molecular flexibility index (Phi) is 3.93. The lowest BCUT2D eigenvalue weighted by atomic mass is 10.1. The van der Waals surface area contributed by atoms with Gasteiger partial charge in [-0.3, -0.25) is 0 Å². The van der Waals surface area contributed by atoms with Crippen LogP contribution in [0.1, 0.15) is 50.9 Å². The fraction of sp³-hybridized carbons (Fsp3) is 0.833. The second-order valence-corrected chi connectivity index (χ2v) is 4.97. The molecule has 0 amide bonds. The molecule has 1 atom stereocenters. The van der Waals surface area contributed by atoms with Gasteiger partial charge < -0.3 is 10.3 Å². The van der Waals surface area contributed by atoms with Crippen molar-refractivity contribution in [2.75, 3.05) is 6.54 Å². The lowest BCUT2D eigenvalue weighted by Crippen LogP contribution is -2.14. The molecule has 0 aromatic carbocycles. The number of nitrogens with zero attached hydrogens (tertiary/aromatic N) is 3. The molecule has 16 heavy (non-hydrogen) atoms. The third-order valence-electron chi connectivity index (χ3n) is 3.63. The van der Waals surface area contributed by atoms with E-state index in [0.717, 1.165) is 25.2 Å². The van der Waals surface area contributed by atoms with Crippen LogP contribution < -0.4 is 5.73 Å². The van der Waals surface area contributed by atoms with Crippen molar-refractivity contribution in [2.24, 2.45) is 11.7 Å². The third kappa shape index (κ3) is 2.61. The Balaban J connectivity index is 1.95. The van der Waals surface area contributed by atoms with Gasteiger partial charge in [-0.2, -0.15) is 0 Å². The first-order valence-corrected chi connectivity index (χ1v) is 6.39. The van der Waals surface area contributed by atoms with Gasteiger partial charge in [-0.1, -0.05) is 19.8 Å². The summed E-state index contributed by atoms with van der Waals surface area (Å²) in [6, 6.07) is 0.651. The quantitative estimate of drug-likeness (QED) is 0.828. The van der Waals surface area contributed by atoms with Gasteiger partial charge in [-0.25, -0.2) is 0 Å². The zero-order valence-corrected chi connectivity index (χ0v) is 10.1. The van der Waals surface area contributed by atoms with E-state index in [0.29, 0.717) is 12.0 Å². The molecule has 1 fully saturated rings. The monoisotopic (exact) mass is 222 g/mol. The zero-order valence-electron chi connectivity index (χ0n) is 10.1. The Bertz CT molecular complexity index is 315. The summed E-state index contributed by atoms with van der Waals surface area (Å²) in [7, 11) is 0. The van der Waals surface area contributed by atoms with Gasteiger partial charge in [-0.05, 0) is 31.7 Å². The van der Waals surface area contributed by atoms with Crippen molar-refractivity contribution in [3.8, 4) is 0 Å². The van der Waals surface area contributed by atoms with E-state index in [1.54, 1.807) is 0 Å². The van der Waals surface area contributed by atoms with Crippen LogP contribution in [-0.4, -0.2) is 21.3 Å². The first-order chi connectivity index (χ1) is 7.81. The van der Waals surface area contributed by atoms with Crippen molar-refractivity contribution in [1.82, 2.24) is 14.8 Å². The van der Waals surface area contributed by atoms with E-state index in [2.05, 4.69) is 21.7 Å². The molecule has 2 rings (SSSR count). The summed E-state index contributed by atoms with van der Waals surface area (Å²) in [5, 5.41) is 8.29. The minimum absolute atomic E-state index is 0.578. The predicted molar refractivity (Wildman–Crippen MR) is 64.1 cm³/mol. The Morgan fingerprint density at radius 1 is 1.50 bits per heavy atom. The van der Waals surface area contributed by atoms with Crippen LogP contribution >= 0.6 is 0 Å². The number of hydrogen-bond donors (Lipinski definition) is 1. The summed E-state index contributed by atoms with van der Waals surface area (Å²) in [6.45, 7) is 2.95. The molecule has 1 aliphatic rings. The van der Waals surface area contributed by atoms with Gasteiger partial charge in [0, 0.05) is 12.5 Å². The maximum absolute atomic E-state index is 5.63. The first kappa shape index (κ1) is 11.6. The van der Waals surface area contributed by atoms with Crippen molar-refractivity contribution in [1.29, 1.82) is 0 Å². The molecular weight excluding hydrogens is 200 g/mol. The lowest BCUT2D eigenvalue weighted by molar-refractivity contribution is 0.473. The largest absolute Gasteiger partial charge is 0.330 e. The highest BCUT2D eigenvalue weighted by molar-refractivity contribution is 4.91. The van der Waals surface area contributed by atoms with Gasteiger partial charge in [0.15, 0.2) is 0 Å². The highest BCUT2D eigenvalue weighted by Crippen LogP contribution is 2.30. The zero-order chi connectivity index (χ0) is 11.4. The molecule has 4 heteroatoms. The maximum Gasteiger partial charge on any atom is 0.133 e. The van der Waals surface area contributed by atoms with Gasteiger partial charge in [0.1, 0.15) is 12.2 Å². The smallest absolute Gasteiger partial charge is 0.133 e. The van der Waals surface area contributed by atoms with Crippen LogP contribution in [0.15, 0.2) is 6.33 Å². The van der Waals surface area contributed by atoms with E-state index in [1.807, 2.05) is 6.33 Å². The molecule has 1 saturated carbocycles. The number of hydrogen-bond acceptors (Lipinski definition) is 3. The van der Waals surface area contributed by atoms with Crippen molar-refractivity contribution < 1.29 is 0 Å². The highest BCUT2D eigenvalue weighted by atomic mass is 15.3. The molecule has 1 unspecified atom stereocenters. The first-order valence-electron chi connectivity index (χ1n) is 6.39. The standard InChI is InChI=1S/C12H22N4/c1-10(8-13)6-7-12-15-14-9-16(12)11-4-2-3-5-11/h9-11H,2-8,13H2,1H3. The summed E-state index contributed by atoms with van der Waals surface area (Å²) >= 11 is 0. The summed E-state index contributed by atoms with van der Waals surface area (Å²) < 4.78 is 2.29. The minimum Gasteiger partial charge on any atom is -0.330 e. The Hall–Kier alpha value is -0.900. The molecular formula is C12H22N4. The van der Waals surface area contributed by atoms with Gasteiger partial charge in [0.25, 0.3) is 0 Å². The van der Waals surface area contributed by atoms with E-state index in [9.17, 15) is 0 Å². The van der Waals surface area contributed by atoms with E-state index in [-0.39, 0.29) is 0 Å². The second-order valence-electron chi connectivity index (χ2n) is 4.97. The fourth-order valence-corrected chi connectivity index (χ4v) is 2.43. The van der Waals surface area contributed by atoms with Crippen LogP contribution in [0.3, 0.4) is 0 Å². The average Bonchev–Trinajstić information content (AvgIpc) is 2.95. The molecule has 0 spiro atoms. The topological polar surface area (TPSA) is 56.7 Å². The van der Waals surface area contributed by atoms with Crippen LogP contribution in [0.5, 0.6) is 0 Å². The van der Waals surface area contributed by atoms with Crippen LogP contribution in [0.4, 0.5) is 0 Å². The van der Waals surface area contributed by atoms with Crippen LogP contribution in [0.25, 0.3) is 0 Å². The van der Waals surface area contributed by atoms with Crippen LogP contribution in [0.2, 0.25) is 0 Å². The molecule has 1 aliphatic carbocycles. The Morgan fingerprint density at radius 2 is 2.25 bits per heavy atom. The second kappa shape index (κ2) is 5.43. The van der Waals surface area contributed by atoms with E-state index >= 15 is 0 Å². The maximum atomic E-state index is 5.63. The number of aryl methyl sites for hydroxylation is 1. The Morgan fingerprint density at radius 3 is 2.94 bits per heavy atom. The molecule has 0 aliphatic heterocycles. The van der Waals surface area contributed by atoms with Crippen molar-refractivity contribution in [2.45, 2.75) is 51.5 Å². The SMILES string of the molecule is CC(CN)CCc1nncn1C1CCCC1. The summed E-state index contributed by atoms with van der Waals surface area (Å²) in [5.74, 6) is 1.72. The van der Waals surface area contributed by atoms with Crippen molar-refractivity contribution in [3.63, 3.8) is 0 Å². The number of nitrogens with two attached hydrogens (primary N) is 1. The summed E-state index contributed by atoms with van der Waals surface area (Å²) in [5.41, 5.74) is 5.63. The Labute approximate surface area is 97.2 Å². The predicted octanol–water partition coefficient (Wildman–Crippen LogP) is 1.92. The van der Waals surface area contributed by atoms with E-state index in [4.69, 9.17) is 5.73 Å². The number of rotatable bonds is 5. The van der Waals surface area contributed by atoms with Crippen LogP contribution in [-0.2, 0) is 6.42 Å². The molecule has 2 N–H and O–H groups in total. The van der Waals surface area contributed by atoms with Gasteiger partial charge in [-0.15, -0.1) is 10.2 Å². The van der Waals surface area contributed by atoms with Gasteiger partial charge >= 0.3 is 0 Å². The molecule has 0 bridgehead atoms. The normalized spacial score (nSPS) is 19.1. The molecule has 1 heterocycles. The molecule has 0 saturated heterocycles. The molecule has 4 nitrogen and oxygen atoms in total. The minimum atomic E-state index is 0.578. The van der Waals surface area contributed by atoms with E-state index < -0.39 is 0 Å². The average molecular weight is 222 g/mol. The fourth-order valence-electron chi connectivity index (χ4n) is 2.43. The highest BCUT2D eigenvalue weighted by Gasteiger charge is 2.19. The summed E-state index contributed by atoms with van der Waals surface area (Å²) in [4.78, 5) is 0. The molecule has 0 radical (unpaired) electrons. The van der Waals surface area contributed by atoms with Crippen LogP contribution in [0, 0.1) is 5.92 Å². The lowest BCUT2D eigenvalue weighted by Gasteiger charge is -2.14. The third-order valence-corrected chi connectivity index (χ3v) is 3.63. The molecule has 1 aromatic rings. The molecule has 90 valence electrons. The molecule has 1 aromatic heterocycles. The van der Waals surface area contributed by atoms with Gasteiger partial charge in [0.05, 0.1) is 0 Å². The van der Waals surface area contributed by atoms with E-state index in [1.165, 1.54) is 25.7 Å². The summed E-state index contributed by atoms with van der Waals surface area (Å²) in [6.07, 6.45) is 9.30.